The summed E-state index contributed by atoms with van der Waals surface area (Å²) in [5.41, 5.74) is 8.68. The molecule has 2 aromatic rings. The van der Waals surface area contributed by atoms with Crippen molar-refractivity contribution in [3.05, 3.63) is 65.5 Å². The van der Waals surface area contributed by atoms with Crippen LogP contribution in [0.3, 0.4) is 0 Å². The van der Waals surface area contributed by atoms with Gasteiger partial charge in [-0.2, -0.15) is 0 Å². The smallest absolute Gasteiger partial charge is 0.328 e. The number of ether oxygens (including phenoxy) is 1. The van der Waals surface area contributed by atoms with Crippen LogP contribution in [0.4, 0.5) is 10.1 Å². The van der Waals surface area contributed by atoms with E-state index >= 15 is 0 Å². The number of nitrogens with one attached hydrogen (secondary N) is 1. The van der Waals surface area contributed by atoms with Gasteiger partial charge in [-0.1, -0.05) is 24.3 Å². The summed E-state index contributed by atoms with van der Waals surface area (Å²) < 4.78 is 18.3. The lowest BCUT2D eigenvalue weighted by molar-refractivity contribution is -0.147. The van der Waals surface area contributed by atoms with E-state index < -0.39 is 24.0 Å². The predicted octanol–water partition coefficient (Wildman–Crippen LogP) is 3.69. The second-order valence-electron chi connectivity index (χ2n) is 7.49. The van der Waals surface area contributed by atoms with Gasteiger partial charge in [-0.3, -0.25) is 4.79 Å². The van der Waals surface area contributed by atoms with Gasteiger partial charge in [0.05, 0.1) is 12.6 Å². The number of carbonyl (C=O) groups is 2. The molecule has 0 spiro atoms. The van der Waals surface area contributed by atoms with Crippen LogP contribution in [-0.4, -0.2) is 55.4 Å². The molecule has 188 valence electrons. The van der Waals surface area contributed by atoms with Crippen LogP contribution >= 0.6 is 35.6 Å². The molecule has 0 fully saturated rings. The van der Waals surface area contributed by atoms with Crippen molar-refractivity contribution in [1.29, 1.82) is 0 Å². The average Bonchev–Trinajstić information content (AvgIpc) is 2.80. The first kappa shape index (κ1) is 30.0. The van der Waals surface area contributed by atoms with Crippen LogP contribution in [0.2, 0.25) is 0 Å². The molecule has 0 heterocycles. The van der Waals surface area contributed by atoms with E-state index in [1.165, 1.54) is 12.1 Å². The third-order valence-corrected chi connectivity index (χ3v) is 5.38. The quantitative estimate of drug-likeness (QED) is 0.302. The van der Waals surface area contributed by atoms with Gasteiger partial charge < -0.3 is 20.7 Å². The Labute approximate surface area is 216 Å². The van der Waals surface area contributed by atoms with E-state index in [1.54, 1.807) is 19.1 Å². The van der Waals surface area contributed by atoms with Crippen molar-refractivity contribution < 1.29 is 18.7 Å². The standard InChI is InChI=1S/C24H30Cl2FN3O3.ClH/c1-2-33-24(32)22(16-18-3-7-19(27)8-4-18)29-23(31)21(28)15-17-5-9-20(10-6-17)30(13-11-25)14-12-26;/h3-10,21-22H,2,11-16,28H2,1H3,(H,29,31);1H. The molecule has 0 aliphatic carbocycles. The van der Waals surface area contributed by atoms with Crippen LogP contribution in [0.1, 0.15) is 18.1 Å². The van der Waals surface area contributed by atoms with E-state index in [0.29, 0.717) is 36.8 Å². The summed E-state index contributed by atoms with van der Waals surface area (Å²) in [6.07, 6.45) is 0.465. The second-order valence-corrected chi connectivity index (χ2v) is 8.24. The van der Waals surface area contributed by atoms with Crippen LogP contribution in [-0.2, 0) is 27.2 Å². The minimum absolute atomic E-state index is 0. The Hall–Kier alpha value is -2.06. The van der Waals surface area contributed by atoms with Crippen molar-refractivity contribution in [1.82, 2.24) is 5.32 Å². The molecule has 0 aliphatic heterocycles. The van der Waals surface area contributed by atoms with Gasteiger partial charge in [0.1, 0.15) is 11.9 Å². The third-order valence-electron chi connectivity index (χ3n) is 5.04. The lowest BCUT2D eigenvalue weighted by Crippen LogP contribution is -2.50. The molecule has 0 bridgehead atoms. The van der Waals surface area contributed by atoms with Crippen molar-refractivity contribution in [2.75, 3.05) is 36.4 Å². The summed E-state index contributed by atoms with van der Waals surface area (Å²) in [6, 6.07) is 11.6. The number of benzene rings is 2. The first-order chi connectivity index (χ1) is 15.9. The van der Waals surface area contributed by atoms with E-state index in [2.05, 4.69) is 10.2 Å². The minimum Gasteiger partial charge on any atom is -0.464 e. The van der Waals surface area contributed by atoms with Crippen molar-refractivity contribution >= 4 is 53.2 Å². The molecule has 1 amide bonds. The molecule has 10 heteroatoms. The molecular formula is C24H31Cl3FN3O3. The number of esters is 1. The number of nitrogens with two attached hydrogens (primary N) is 1. The van der Waals surface area contributed by atoms with Crippen LogP contribution < -0.4 is 16.0 Å². The molecule has 2 rings (SSSR count). The van der Waals surface area contributed by atoms with Gasteiger partial charge in [0.15, 0.2) is 0 Å². The Morgan fingerprint density at radius 3 is 2.06 bits per heavy atom. The van der Waals surface area contributed by atoms with Gasteiger partial charge in [0, 0.05) is 37.0 Å². The molecule has 2 atom stereocenters. The zero-order valence-electron chi connectivity index (χ0n) is 19.0. The maximum absolute atomic E-state index is 13.2. The molecular weight excluding hydrogens is 504 g/mol. The van der Waals surface area contributed by atoms with Gasteiger partial charge in [-0.25, -0.2) is 9.18 Å². The summed E-state index contributed by atoms with van der Waals surface area (Å²) in [7, 11) is 0. The summed E-state index contributed by atoms with van der Waals surface area (Å²) in [6.45, 7) is 3.22. The Kier molecular flexibility index (Phi) is 13.9. The topological polar surface area (TPSA) is 84.7 Å². The van der Waals surface area contributed by atoms with Crippen LogP contribution in [0, 0.1) is 5.82 Å². The SMILES string of the molecule is CCOC(=O)C(Cc1ccc(F)cc1)NC(=O)C(N)Cc1ccc(N(CCCl)CCCl)cc1.Cl. The molecule has 6 nitrogen and oxygen atoms in total. The summed E-state index contributed by atoms with van der Waals surface area (Å²) in [5, 5.41) is 2.68. The number of hydrogen-bond acceptors (Lipinski definition) is 5. The average molecular weight is 535 g/mol. The van der Waals surface area contributed by atoms with E-state index in [-0.39, 0.29) is 31.3 Å². The minimum atomic E-state index is -0.920. The number of nitrogens with zero attached hydrogens (tertiary/aromatic N) is 1. The zero-order chi connectivity index (χ0) is 24.2. The van der Waals surface area contributed by atoms with Crippen LogP contribution in [0.5, 0.6) is 0 Å². The Morgan fingerprint density at radius 2 is 1.53 bits per heavy atom. The number of anilines is 1. The highest BCUT2D eigenvalue weighted by atomic mass is 35.5. The summed E-state index contributed by atoms with van der Waals surface area (Å²) in [4.78, 5) is 27.2. The normalized spacial score (nSPS) is 12.3. The molecule has 0 aliphatic rings. The molecule has 0 aromatic heterocycles. The number of alkyl halides is 2. The number of amides is 1. The Bertz CT molecular complexity index is 879. The predicted molar refractivity (Wildman–Crippen MR) is 138 cm³/mol. The van der Waals surface area contributed by atoms with Gasteiger partial charge in [0.2, 0.25) is 5.91 Å². The molecule has 2 unspecified atom stereocenters. The van der Waals surface area contributed by atoms with E-state index in [9.17, 15) is 14.0 Å². The lowest BCUT2D eigenvalue weighted by Gasteiger charge is -2.23. The van der Waals surface area contributed by atoms with Gasteiger partial charge in [-0.15, -0.1) is 35.6 Å². The van der Waals surface area contributed by atoms with Crippen molar-refractivity contribution in [2.45, 2.75) is 31.8 Å². The summed E-state index contributed by atoms with van der Waals surface area (Å²) >= 11 is 11.7. The van der Waals surface area contributed by atoms with E-state index in [4.69, 9.17) is 33.7 Å². The van der Waals surface area contributed by atoms with Gasteiger partial charge in [0.25, 0.3) is 0 Å². The molecule has 0 saturated heterocycles. The highest BCUT2D eigenvalue weighted by Gasteiger charge is 2.25. The van der Waals surface area contributed by atoms with Crippen molar-refractivity contribution in [2.24, 2.45) is 5.73 Å². The Balaban J connectivity index is 0.00000578. The van der Waals surface area contributed by atoms with Crippen molar-refractivity contribution in [3.8, 4) is 0 Å². The fourth-order valence-electron chi connectivity index (χ4n) is 3.33. The fraction of sp³-hybridized carbons (Fsp3) is 0.417. The third kappa shape index (κ3) is 9.66. The molecule has 0 saturated carbocycles. The van der Waals surface area contributed by atoms with E-state index in [1.807, 2.05) is 24.3 Å². The fourth-order valence-corrected chi connectivity index (χ4v) is 3.74. The molecule has 34 heavy (non-hydrogen) atoms. The first-order valence-corrected chi connectivity index (χ1v) is 11.9. The lowest BCUT2D eigenvalue weighted by atomic mass is 10.0. The van der Waals surface area contributed by atoms with Gasteiger partial charge >= 0.3 is 5.97 Å². The maximum Gasteiger partial charge on any atom is 0.328 e. The van der Waals surface area contributed by atoms with Gasteiger partial charge in [-0.05, 0) is 48.7 Å². The largest absolute Gasteiger partial charge is 0.464 e. The monoisotopic (exact) mass is 533 g/mol. The highest BCUT2D eigenvalue weighted by Crippen LogP contribution is 2.16. The number of halogens is 4. The van der Waals surface area contributed by atoms with Crippen LogP contribution in [0.15, 0.2) is 48.5 Å². The molecule has 0 radical (unpaired) electrons. The number of carbonyl (C=O) groups excluding carboxylic acids is 2. The first-order valence-electron chi connectivity index (χ1n) is 10.8. The zero-order valence-corrected chi connectivity index (χ0v) is 21.3. The number of rotatable bonds is 13. The second kappa shape index (κ2) is 15.8. The number of hydrogen-bond donors (Lipinski definition) is 2. The molecule has 3 N–H and O–H groups in total. The molecule has 2 aromatic carbocycles. The van der Waals surface area contributed by atoms with E-state index in [0.717, 1.165) is 11.3 Å². The van der Waals surface area contributed by atoms with Crippen molar-refractivity contribution in [3.63, 3.8) is 0 Å². The maximum atomic E-state index is 13.2. The highest BCUT2D eigenvalue weighted by molar-refractivity contribution is 6.18. The summed E-state index contributed by atoms with van der Waals surface area (Å²) in [5.74, 6) is -0.431. The van der Waals surface area contributed by atoms with Crippen LogP contribution in [0.25, 0.3) is 0 Å². The Morgan fingerprint density at radius 1 is 1.00 bits per heavy atom.